The summed E-state index contributed by atoms with van der Waals surface area (Å²) in [6.07, 6.45) is 2.40. The Morgan fingerprint density at radius 1 is 1.20 bits per heavy atom. The lowest BCUT2D eigenvalue weighted by Gasteiger charge is -2.10. The second kappa shape index (κ2) is 6.10. The Morgan fingerprint density at radius 3 is 2.60 bits per heavy atom. The number of carbonyl (C=O) groups excluding carboxylic acids is 2. The van der Waals surface area contributed by atoms with Gasteiger partial charge in [-0.3, -0.25) is 14.6 Å². The van der Waals surface area contributed by atoms with E-state index in [1.54, 1.807) is 30.5 Å². The van der Waals surface area contributed by atoms with E-state index in [2.05, 4.69) is 10.3 Å². The molecule has 1 amide bonds. The van der Waals surface area contributed by atoms with Crippen LogP contribution >= 0.6 is 0 Å². The van der Waals surface area contributed by atoms with Crippen LogP contribution in [0.3, 0.4) is 0 Å². The van der Waals surface area contributed by atoms with Crippen LogP contribution in [0, 0.1) is 0 Å². The molecule has 1 heterocycles. The molecule has 0 aliphatic carbocycles. The van der Waals surface area contributed by atoms with E-state index in [0.29, 0.717) is 16.9 Å². The van der Waals surface area contributed by atoms with Gasteiger partial charge in [-0.1, -0.05) is 19.1 Å². The summed E-state index contributed by atoms with van der Waals surface area (Å²) in [5.74, 6) is -0.394. The number of Topliss-reactive ketones (excluding diaryl/α,β-unsaturated/α-hetero) is 1. The van der Waals surface area contributed by atoms with Crippen LogP contribution in [0.5, 0.6) is 0 Å². The smallest absolute Gasteiger partial charge is 0.274 e. The zero-order valence-electron chi connectivity index (χ0n) is 11.5. The number of aryl methyl sites for hydroxylation is 1. The Hall–Kier alpha value is -2.49. The van der Waals surface area contributed by atoms with Crippen molar-refractivity contribution in [1.29, 1.82) is 0 Å². The number of pyridine rings is 1. The first-order chi connectivity index (χ1) is 9.61. The average Bonchev–Trinajstić information content (AvgIpc) is 2.48. The van der Waals surface area contributed by atoms with Crippen molar-refractivity contribution in [3.05, 3.63) is 59.4 Å². The Labute approximate surface area is 117 Å². The number of ketones is 1. The molecule has 2 aromatic rings. The first-order valence-electron chi connectivity index (χ1n) is 6.48. The summed E-state index contributed by atoms with van der Waals surface area (Å²) in [6, 6.07) is 10.6. The van der Waals surface area contributed by atoms with Crippen LogP contribution in [0.15, 0.2) is 42.6 Å². The molecule has 0 aliphatic rings. The van der Waals surface area contributed by atoms with E-state index in [1.807, 2.05) is 19.1 Å². The summed E-state index contributed by atoms with van der Waals surface area (Å²) in [6.45, 7) is 3.51. The fraction of sp³-hybridized carbons (Fsp3) is 0.188. The third kappa shape index (κ3) is 3.09. The molecule has 1 aromatic carbocycles. The van der Waals surface area contributed by atoms with Gasteiger partial charge in [0.15, 0.2) is 5.78 Å². The normalized spacial score (nSPS) is 10.1. The molecular formula is C16H16N2O2. The summed E-state index contributed by atoms with van der Waals surface area (Å²) < 4.78 is 0. The number of hydrogen-bond donors (Lipinski definition) is 1. The minimum Gasteiger partial charge on any atom is -0.320 e. The number of nitrogens with one attached hydrogen (secondary N) is 1. The number of amides is 1. The zero-order chi connectivity index (χ0) is 14.5. The molecule has 0 fully saturated rings. The number of rotatable bonds is 4. The third-order valence-electron chi connectivity index (χ3n) is 3.02. The summed E-state index contributed by atoms with van der Waals surface area (Å²) in [4.78, 5) is 27.7. The van der Waals surface area contributed by atoms with E-state index in [1.165, 1.54) is 6.92 Å². The van der Waals surface area contributed by atoms with E-state index in [0.717, 1.165) is 12.0 Å². The second-order valence-electron chi connectivity index (χ2n) is 4.46. The molecule has 4 nitrogen and oxygen atoms in total. The second-order valence-corrected chi connectivity index (χ2v) is 4.46. The van der Waals surface area contributed by atoms with Crippen molar-refractivity contribution >= 4 is 17.4 Å². The van der Waals surface area contributed by atoms with Crippen LogP contribution in [0.25, 0.3) is 0 Å². The predicted octanol–water partition coefficient (Wildman–Crippen LogP) is 3.10. The molecule has 0 bridgehead atoms. The maximum atomic E-state index is 12.1. The van der Waals surface area contributed by atoms with E-state index < -0.39 is 0 Å². The lowest BCUT2D eigenvalue weighted by atomic mass is 10.0. The van der Waals surface area contributed by atoms with Crippen LogP contribution in [0.4, 0.5) is 5.69 Å². The summed E-state index contributed by atoms with van der Waals surface area (Å²) in [5, 5.41) is 2.74. The van der Waals surface area contributed by atoms with E-state index in [-0.39, 0.29) is 11.7 Å². The number of nitrogens with zero attached hydrogens (tertiary/aromatic N) is 1. The highest BCUT2D eigenvalue weighted by Gasteiger charge is 2.12. The molecule has 0 unspecified atom stereocenters. The van der Waals surface area contributed by atoms with Crippen LogP contribution < -0.4 is 5.32 Å². The molecule has 0 radical (unpaired) electrons. The van der Waals surface area contributed by atoms with Crippen LogP contribution in [-0.2, 0) is 6.42 Å². The van der Waals surface area contributed by atoms with Gasteiger partial charge in [-0.25, -0.2) is 0 Å². The molecule has 2 rings (SSSR count). The monoisotopic (exact) mass is 268 g/mol. The fourth-order valence-corrected chi connectivity index (χ4v) is 1.90. The number of anilines is 1. The van der Waals surface area contributed by atoms with Gasteiger partial charge in [-0.05, 0) is 43.2 Å². The summed E-state index contributed by atoms with van der Waals surface area (Å²) in [5.41, 5.74) is 2.42. The number of carbonyl (C=O) groups is 2. The van der Waals surface area contributed by atoms with Crippen molar-refractivity contribution < 1.29 is 9.59 Å². The molecule has 0 spiro atoms. The Balaban J connectivity index is 2.29. The van der Waals surface area contributed by atoms with E-state index >= 15 is 0 Å². The third-order valence-corrected chi connectivity index (χ3v) is 3.02. The van der Waals surface area contributed by atoms with Gasteiger partial charge in [0.1, 0.15) is 5.69 Å². The van der Waals surface area contributed by atoms with Crippen molar-refractivity contribution in [3.8, 4) is 0 Å². The molecule has 20 heavy (non-hydrogen) atoms. The van der Waals surface area contributed by atoms with E-state index in [4.69, 9.17) is 0 Å². The van der Waals surface area contributed by atoms with Gasteiger partial charge >= 0.3 is 0 Å². The van der Waals surface area contributed by atoms with Crippen molar-refractivity contribution in [2.75, 3.05) is 5.32 Å². The Kier molecular flexibility index (Phi) is 4.25. The number of hydrogen-bond acceptors (Lipinski definition) is 3. The Bertz CT molecular complexity index is 636. The van der Waals surface area contributed by atoms with Crippen molar-refractivity contribution in [3.63, 3.8) is 0 Å². The van der Waals surface area contributed by atoms with Crippen molar-refractivity contribution in [1.82, 2.24) is 4.98 Å². The van der Waals surface area contributed by atoms with Crippen molar-refractivity contribution in [2.45, 2.75) is 20.3 Å². The molecule has 0 atom stereocenters. The summed E-state index contributed by atoms with van der Waals surface area (Å²) >= 11 is 0. The number of aromatic nitrogens is 1. The van der Waals surface area contributed by atoms with Crippen LogP contribution in [0.1, 0.15) is 40.3 Å². The predicted molar refractivity (Wildman–Crippen MR) is 78.0 cm³/mol. The van der Waals surface area contributed by atoms with Gasteiger partial charge in [0.2, 0.25) is 0 Å². The molecule has 0 aliphatic heterocycles. The molecule has 1 N–H and O–H groups in total. The molecule has 0 saturated carbocycles. The highest BCUT2D eigenvalue weighted by molar-refractivity contribution is 6.08. The quantitative estimate of drug-likeness (QED) is 0.867. The van der Waals surface area contributed by atoms with Gasteiger partial charge in [0.25, 0.3) is 5.91 Å². The van der Waals surface area contributed by atoms with Gasteiger partial charge in [0.05, 0.1) is 5.69 Å². The van der Waals surface area contributed by atoms with Gasteiger partial charge in [0, 0.05) is 11.8 Å². The summed E-state index contributed by atoms with van der Waals surface area (Å²) in [7, 11) is 0. The first kappa shape index (κ1) is 13.9. The highest BCUT2D eigenvalue weighted by Crippen LogP contribution is 2.19. The van der Waals surface area contributed by atoms with E-state index in [9.17, 15) is 9.59 Å². The molecule has 0 saturated heterocycles. The van der Waals surface area contributed by atoms with Gasteiger partial charge < -0.3 is 5.32 Å². The lowest BCUT2D eigenvalue weighted by molar-refractivity contribution is 0.101. The van der Waals surface area contributed by atoms with Gasteiger partial charge in [-0.2, -0.15) is 0 Å². The largest absolute Gasteiger partial charge is 0.320 e. The Morgan fingerprint density at radius 2 is 2.00 bits per heavy atom. The lowest BCUT2D eigenvalue weighted by Crippen LogP contribution is -2.15. The first-order valence-corrected chi connectivity index (χ1v) is 6.48. The molecule has 1 aromatic heterocycles. The molecule has 4 heteroatoms. The minimum atomic E-state index is -0.322. The standard InChI is InChI=1S/C16H16N2O2/c1-3-12-7-8-14(13(10-12)11(2)19)18-16(20)15-6-4-5-9-17-15/h4-10H,3H2,1-2H3,(H,18,20). The fourth-order valence-electron chi connectivity index (χ4n) is 1.90. The SMILES string of the molecule is CCc1ccc(NC(=O)c2ccccn2)c(C(C)=O)c1. The topological polar surface area (TPSA) is 59.1 Å². The zero-order valence-corrected chi connectivity index (χ0v) is 11.5. The maximum absolute atomic E-state index is 12.1. The van der Waals surface area contributed by atoms with Crippen molar-refractivity contribution in [2.24, 2.45) is 0 Å². The number of benzene rings is 1. The van der Waals surface area contributed by atoms with Crippen LogP contribution in [-0.4, -0.2) is 16.7 Å². The van der Waals surface area contributed by atoms with Gasteiger partial charge in [-0.15, -0.1) is 0 Å². The highest BCUT2D eigenvalue weighted by atomic mass is 16.2. The van der Waals surface area contributed by atoms with Crippen LogP contribution in [0.2, 0.25) is 0 Å². The maximum Gasteiger partial charge on any atom is 0.274 e. The minimum absolute atomic E-state index is 0.0726. The molecule has 102 valence electrons. The molecular weight excluding hydrogens is 252 g/mol. The average molecular weight is 268 g/mol.